The minimum absolute atomic E-state index is 0.0508. The van der Waals surface area contributed by atoms with Crippen molar-refractivity contribution in [2.24, 2.45) is 17.6 Å². The van der Waals surface area contributed by atoms with Crippen LogP contribution in [0.4, 0.5) is 0 Å². The smallest absolute Gasteiger partial charge is 0.243 e. The number of hydrogen-bond acceptors (Lipinski definition) is 8. The highest BCUT2D eigenvalue weighted by molar-refractivity contribution is 7.98. The third kappa shape index (κ3) is 12.9. The van der Waals surface area contributed by atoms with Crippen molar-refractivity contribution >= 4 is 41.3 Å². The maximum absolute atomic E-state index is 13.7. The van der Waals surface area contributed by atoms with Crippen LogP contribution in [0.25, 0.3) is 0 Å². The zero-order valence-corrected chi connectivity index (χ0v) is 28.9. The van der Waals surface area contributed by atoms with Gasteiger partial charge in [-0.3, -0.25) is 24.0 Å². The molecule has 0 aliphatic carbocycles. The van der Waals surface area contributed by atoms with Crippen molar-refractivity contribution in [3.63, 3.8) is 0 Å². The van der Waals surface area contributed by atoms with Crippen LogP contribution in [0.1, 0.15) is 45.2 Å². The number of carbonyl (C=O) groups excluding carboxylic acids is 5. The van der Waals surface area contributed by atoms with Gasteiger partial charge in [0.25, 0.3) is 0 Å². The quantitative estimate of drug-likeness (QED) is 0.123. The summed E-state index contributed by atoms with van der Waals surface area (Å²) < 4.78 is 0. The molecular weight excluding hydrogens is 620 g/mol. The number of aromatic hydroxyl groups is 1. The molecule has 0 spiro atoms. The van der Waals surface area contributed by atoms with E-state index >= 15 is 0 Å². The highest BCUT2D eigenvalue weighted by Crippen LogP contribution is 2.13. The number of nitrogens with one attached hydrogen (secondary N) is 5. The summed E-state index contributed by atoms with van der Waals surface area (Å²) in [6.07, 6.45) is 2.64. The first-order valence-electron chi connectivity index (χ1n) is 15.8. The SMILES string of the molecule is CNC(=O)[C@H](CCSC)NC(=O)[C@H](NC(=O)[C@@H](NC(=O)[C@H](Cc1ccc(O)cc1)NC(=O)[C@@H](N)Cc1ccccc1)C(C)C)C(C)C. The first-order chi connectivity index (χ1) is 22.3. The third-order valence-electron chi connectivity index (χ3n) is 7.63. The summed E-state index contributed by atoms with van der Waals surface area (Å²) in [4.78, 5) is 66.2. The van der Waals surface area contributed by atoms with Gasteiger partial charge in [-0.1, -0.05) is 70.2 Å². The topological polar surface area (TPSA) is 192 Å². The zero-order chi connectivity index (χ0) is 35.1. The highest BCUT2D eigenvalue weighted by atomic mass is 32.2. The second-order valence-electron chi connectivity index (χ2n) is 12.1. The van der Waals surface area contributed by atoms with Crippen molar-refractivity contribution in [1.82, 2.24) is 26.6 Å². The first kappa shape index (κ1) is 39.1. The number of phenolic OH excluding ortho intramolecular Hbond substituents is 1. The molecule has 0 saturated heterocycles. The monoisotopic (exact) mass is 670 g/mol. The van der Waals surface area contributed by atoms with E-state index < -0.39 is 53.8 Å². The van der Waals surface area contributed by atoms with E-state index in [4.69, 9.17) is 5.73 Å². The van der Waals surface area contributed by atoms with Crippen LogP contribution in [-0.4, -0.2) is 83.9 Å². The summed E-state index contributed by atoms with van der Waals surface area (Å²) in [7, 11) is 1.49. The molecule has 2 rings (SSSR count). The number of benzene rings is 2. The van der Waals surface area contributed by atoms with Crippen LogP contribution in [0.15, 0.2) is 54.6 Å². The van der Waals surface area contributed by atoms with Gasteiger partial charge in [-0.25, -0.2) is 0 Å². The normalized spacial score (nSPS) is 14.3. The highest BCUT2D eigenvalue weighted by Gasteiger charge is 2.34. The number of thioether (sulfide) groups is 1. The van der Waals surface area contributed by atoms with Gasteiger partial charge in [0.05, 0.1) is 6.04 Å². The van der Waals surface area contributed by atoms with E-state index in [1.54, 1.807) is 51.6 Å². The second-order valence-corrected chi connectivity index (χ2v) is 13.1. The second kappa shape index (κ2) is 19.5. The Morgan fingerprint density at radius 1 is 0.681 bits per heavy atom. The van der Waals surface area contributed by atoms with Gasteiger partial charge in [0, 0.05) is 13.5 Å². The van der Waals surface area contributed by atoms with Crippen molar-refractivity contribution in [2.45, 2.75) is 77.2 Å². The fraction of sp³-hybridized carbons (Fsp3) is 0.500. The van der Waals surface area contributed by atoms with E-state index in [9.17, 15) is 29.1 Å². The van der Waals surface area contributed by atoms with Crippen LogP contribution in [-0.2, 0) is 36.8 Å². The molecule has 0 radical (unpaired) electrons. The standard InChI is InChI=1S/C34H50N6O6S/c1-20(2)28(33(45)37-26(16-17-47-6)31(43)36-5)40-34(46)29(21(3)4)39-32(44)27(19-23-12-14-24(41)15-13-23)38-30(42)25(35)18-22-10-8-7-9-11-22/h7-15,20-21,25-29,41H,16-19,35H2,1-6H3,(H,36,43)(H,37,45)(H,38,42)(H,39,44)(H,40,46)/t25-,26-,27-,28+,29-/m0/s1. The van der Waals surface area contributed by atoms with Gasteiger partial charge < -0.3 is 37.4 Å². The molecule has 8 N–H and O–H groups in total. The maximum Gasteiger partial charge on any atom is 0.243 e. The van der Waals surface area contributed by atoms with Gasteiger partial charge in [-0.15, -0.1) is 0 Å². The molecule has 0 bridgehead atoms. The summed E-state index contributed by atoms with van der Waals surface area (Å²) in [6.45, 7) is 7.04. The summed E-state index contributed by atoms with van der Waals surface area (Å²) in [5.74, 6) is -2.61. The van der Waals surface area contributed by atoms with Crippen LogP contribution in [0.3, 0.4) is 0 Å². The summed E-state index contributed by atoms with van der Waals surface area (Å²) in [6, 6.07) is 10.6. The minimum atomic E-state index is -1.10. The van der Waals surface area contributed by atoms with Crippen molar-refractivity contribution in [1.29, 1.82) is 0 Å². The Labute approximate surface area is 281 Å². The van der Waals surface area contributed by atoms with Gasteiger partial charge in [0.2, 0.25) is 29.5 Å². The lowest BCUT2D eigenvalue weighted by atomic mass is 9.98. The molecule has 47 heavy (non-hydrogen) atoms. The van der Waals surface area contributed by atoms with E-state index in [1.165, 1.54) is 19.2 Å². The van der Waals surface area contributed by atoms with Gasteiger partial charge in [-0.05, 0) is 59.9 Å². The zero-order valence-electron chi connectivity index (χ0n) is 28.0. The average molecular weight is 671 g/mol. The van der Waals surface area contributed by atoms with E-state index in [2.05, 4.69) is 26.6 Å². The lowest BCUT2D eigenvalue weighted by Crippen LogP contribution is -2.61. The predicted molar refractivity (Wildman–Crippen MR) is 184 cm³/mol. The van der Waals surface area contributed by atoms with Crippen molar-refractivity contribution < 1.29 is 29.1 Å². The molecule has 0 heterocycles. The van der Waals surface area contributed by atoms with E-state index in [1.807, 2.05) is 36.6 Å². The van der Waals surface area contributed by atoms with Crippen LogP contribution in [0, 0.1) is 11.8 Å². The molecule has 2 aromatic carbocycles. The van der Waals surface area contributed by atoms with Crippen molar-refractivity contribution in [2.75, 3.05) is 19.1 Å². The molecule has 13 heteroatoms. The minimum Gasteiger partial charge on any atom is -0.508 e. The molecule has 0 unspecified atom stereocenters. The number of nitrogens with two attached hydrogens (primary N) is 1. The Hall–Kier alpha value is -4.10. The van der Waals surface area contributed by atoms with Gasteiger partial charge in [0.1, 0.15) is 29.9 Å². The van der Waals surface area contributed by atoms with Crippen LogP contribution < -0.4 is 32.3 Å². The van der Waals surface area contributed by atoms with Crippen LogP contribution >= 0.6 is 11.8 Å². The van der Waals surface area contributed by atoms with Crippen LogP contribution in [0.5, 0.6) is 5.75 Å². The summed E-state index contributed by atoms with van der Waals surface area (Å²) in [5, 5.41) is 23.3. The van der Waals surface area contributed by atoms with Gasteiger partial charge in [-0.2, -0.15) is 11.8 Å². The third-order valence-corrected chi connectivity index (χ3v) is 8.27. The van der Waals surface area contributed by atoms with Gasteiger partial charge >= 0.3 is 0 Å². The van der Waals surface area contributed by atoms with Crippen molar-refractivity contribution in [3.05, 3.63) is 65.7 Å². The molecule has 0 saturated carbocycles. The molecular formula is C34H50N6O6S. The largest absolute Gasteiger partial charge is 0.508 e. The molecule has 5 atom stereocenters. The molecule has 0 aliphatic rings. The predicted octanol–water partition coefficient (Wildman–Crippen LogP) is 1.26. The lowest BCUT2D eigenvalue weighted by molar-refractivity contribution is -0.136. The summed E-state index contributed by atoms with van der Waals surface area (Å²) >= 11 is 1.55. The van der Waals surface area contributed by atoms with Gasteiger partial charge in [0.15, 0.2) is 0 Å². The number of hydrogen-bond donors (Lipinski definition) is 7. The van der Waals surface area contributed by atoms with Crippen LogP contribution in [0.2, 0.25) is 0 Å². The van der Waals surface area contributed by atoms with Crippen molar-refractivity contribution in [3.8, 4) is 5.75 Å². The number of likely N-dealkylation sites (N-methyl/N-ethyl adjacent to an activating group) is 1. The Morgan fingerprint density at radius 3 is 1.72 bits per heavy atom. The molecule has 0 aromatic heterocycles. The Kier molecular flexibility index (Phi) is 16.2. The molecule has 5 amide bonds. The number of amides is 5. The number of carbonyl (C=O) groups is 5. The first-order valence-corrected chi connectivity index (χ1v) is 17.2. The Balaban J connectivity index is 2.24. The molecule has 0 aliphatic heterocycles. The number of phenols is 1. The molecule has 2 aromatic rings. The maximum atomic E-state index is 13.7. The lowest BCUT2D eigenvalue weighted by Gasteiger charge is -2.29. The molecule has 12 nitrogen and oxygen atoms in total. The fourth-order valence-corrected chi connectivity index (χ4v) is 5.29. The van der Waals surface area contributed by atoms with E-state index in [-0.39, 0.29) is 36.3 Å². The fourth-order valence-electron chi connectivity index (χ4n) is 4.82. The Morgan fingerprint density at radius 2 is 1.19 bits per heavy atom. The Bertz CT molecular complexity index is 1320. The average Bonchev–Trinajstić information content (AvgIpc) is 3.04. The summed E-state index contributed by atoms with van der Waals surface area (Å²) in [5.41, 5.74) is 7.73. The molecule has 258 valence electrons. The van der Waals surface area contributed by atoms with E-state index in [0.29, 0.717) is 17.7 Å². The molecule has 0 fully saturated rings. The van der Waals surface area contributed by atoms with E-state index in [0.717, 1.165) is 5.56 Å². The number of rotatable bonds is 18.